The van der Waals surface area contributed by atoms with Gasteiger partial charge in [-0.05, 0) is 30.7 Å². The van der Waals surface area contributed by atoms with Gasteiger partial charge in [0.2, 0.25) is 5.91 Å². The smallest absolute Gasteiger partial charge is 0.356 e. The van der Waals surface area contributed by atoms with E-state index in [4.69, 9.17) is 4.98 Å². The number of hydrogen-bond donors (Lipinski definition) is 1. The molecule has 2 aromatic heterocycles. The first-order valence-electron chi connectivity index (χ1n) is 12.2. The number of benzene rings is 1. The fraction of sp³-hybridized carbons (Fsp3) is 0.480. The predicted molar refractivity (Wildman–Crippen MR) is 131 cm³/mol. The van der Waals surface area contributed by atoms with Crippen LogP contribution in [0.25, 0.3) is 22.5 Å². The van der Waals surface area contributed by atoms with Crippen molar-refractivity contribution in [3.8, 4) is 22.5 Å². The lowest BCUT2D eigenvalue weighted by Gasteiger charge is -2.24. The van der Waals surface area contributed by atoms with E-state index in [9.17, 15) is 26.4 Å². The van der Waals surface area contributed by atoms with E-state index in [1.54, 1.807) is 12.1 Å². The Morgan fingerprint density at radius 2 is 1.81 bits per heavy atom. The molecule has 1 saturated heterocycles. The summed E-state index contributed by atoms with van der Waals surface area (Å²) in [6, 6.07) is 8.17. The Balaban J connectivity index is 1.19. The predicted octanol–water partition coefficient (Wildman–Crippen LogP) is 3.47. The first kappa shape index (κ1) is 25.5. The minimum Gasteiger partial charge on any atom is -0.356 e. The highest BCUT2D eigenvalue weighted by Crippen LogP contribution is 2.33. The molecule has 2 unspecified atom stereocenters. The molecule has 37 heavy (non-hydrogen) atoms. The van der Waals surface area contributed by atoms with Crippen LogP contribution in [0.1, 0.15) is 30.8 Å². The van der Waals surface area contributed by atoms with Gasteiger partial charge in [0.05, 0.1) is 22.9 Å². The summed E-state index contributed by atoms with van der Waals surface area (Å²) in [4.78, 5) is 17.0. The quantitative estimate of drug-likeness (QED) is 0.521. The summed E-state index contributed by atoms with van der Waals surface area (Å²) in [6.07, 6.45) is -0.0436. The van der Waals surface area contributed by atoms with Gasteiger partial charge < -0.3 is 9.88 Å². The zero-order chi connectivity index (χ0) is 26.4. The van der Waals surface area contributed by atoms with E-state index < -0.39 is 21.7 Å². The summed E-state index contributed by atoms with van der Waals surface area (Å²) in [5.74, 6) is 1.29. The van der Waals surface area contributed by atoms with E-state index in [1.807, 2.05) is 18.3 Å². The van der Waals surface area contributed by atoms with E-state index in [2.05, 4.69) is 15.0 Å². The number of imidazole rings is 1. The molecule has 12 heteroatoms. The van der Waals surface area contributed by atoms with Crippen LogP contribution in [0.2, 0.25) is 0 Å². The van der Waals surface area contributed by atoms with Crippen LogP contribution in [0.15, 0.2) is 36.5 Å². The number of aryl methyl sites for hydroxylation is 2. The minimum absolute atomic E-state index is 0.0880. The van der Waals surface area contributed by atoms with Gasteiger partial charge in [-0.25, -0.2) is 13.4 Å². The number of aromatic nitrogens is 4. The molecule has 198 valence electrons. The lowest BCUT2D eigenvalue weighted by Crippen LogP contribution is -2.34. The number of nitrogens with zero attached hydrogens (tertiary/aromatic N) is 4. The average molecular weight is 536 g/mol. The van der Waals surface area contributed by atoms with Crippen LogP contribution in [-0.4, -0.2) is 51.7 Å². The third kappa shape index (κ3) is 5.73. The van der Waals surface area contributed by atoms with Crippen LogP contribution in [0.4, 0.5) is 13.2 Å². The van der Waals surface area contributed by atoms with Gasteiger partial charge in [0, 0.05) is 50.3 Å². The second kappa shape index (κ2) is 9.62. The summed E-state index contributed by atoms with van der Waals surface area (Å²) in [5, 5.41) is 6.96. The first-order valence-corrected chi connectivity index (χ1v) is 14.0. The maximum Gasteiger partial charge on any atom is 0.433 e. The van der Waals surface area contributed by atoms with E-state index in [0.717, 1.165) is 40.7 Å². The maximum atomic E-state index is 13.1. The minimum atomic E-state index is -4.46. The summed E-state index contributed by atoms with van der Waals surface area (Å²) < 4.78 is 65.4. The fourth-order valence-corrected chi connectivity index (χ4v) is 6.99. The normalized spacial score (nSPS) is 21.1. The van der Waals surface area contributed by atoms with Crippen LogP contribution in [0, 0.1) is 11.8 Å². The highest BCUT2D eigenvalue weighted by atomic mass is 32.2. The van der Waals surface area contributed by atoms with Gasteiger partial charge in [-0.1, -0.05) is 24.3 Å². The molecule has 5 rings (SSSR count). The van der Waals surface area contributed by atoms with Gasteiger partial charge in [0.15, 0.2) is 9.84 Å². The van der Waals surface area contributed by atoms with Crippen LogP contribution < -0.4 is 5.32 Å². The SMILES string of the molecule is Cn1nc(-c2ccc(-c3cn4c(n3)CCC(CNC(=O)CC3CCS(=O)(=O)C3)C4)cc2)cc1C(F)(F)F. The van der Waals surface area contributed by atoms with Crippen molar-refractivity contribution in [2.24, 2.45) is 18.9 Å². The number of carbonyl (C=O) groups is 1. The van der Waals surface area contributed by atoms with Crippen molar-refractivity contribution in [1.29, 1.82) is 0 Å². The van der Waals surface area contributed by atoms with Crippen LogP contribution >= 0.6 is 0 Å². The number of halogens is 3. The molecule has 1 N–H and O–H groups in total. The van der Waals surface area contributed by atoms with Crippen molar-refractivity contribution in [2.75, 3.05) is 18.1 Å². The largest absolute Gasteiger partial charge is 0.433 e. The van der Waals surface area contributed by atoms with Crippen LogP contribution in [-0.2, 0) is 40.8 Å². The second-order valence-electron chi connectivity index (χ2n) is 9.99. The summed E-state index contributed by atoms with van der Waals surface area (Å²) >= 11 is 0. The van der Waals surface area contributed by atoms with E-state index in [0.29, 0.717) is 25.1 Å². The van der Waals surface area contributed by atoms with Gasteiger partial charge in [-0.2, -0.15) is 18.3 Å². The molecular weight excluding hydrogens is 507 g/mol. The molecule has 0 saturated carbocycles. The Kier molecular flexibility index (Phi) is 6.63. The molecule has 3 aromatic rings. The summed E-state index contributed by atoms with van der Waals surface area (Å²) in [5.41, 5.74) is 1.68. The van der Waals surface area contributed by atoms with Crippen molar-refractivity contribution in [2.45, 2.75) is 38.4 Å². The number of fused-ring (bicyclic) bond motifs is 1. The van der Waals surface area contributed by atoms with Crippen LogP contribution in [0.3, 0.4) is 0 Å². The molecule has 2 aliphatic heterocycles. The van der Waals surface area contributed by atoms with Crippen LogP contribution in [0.5, 0.6) is 0 Å². The molecule has 0 aliphatic carbocycles. The molecule has 2 atom stereocenters. The van der Waals surface area contributed by atoms with Crippen molar-refractivity contribution in [1.82, 2.24) is 24.6 Å². The lowest BCUT2D eigenvalue weighted by atomic mass is 9.99. The third-order valence-electron chi connectivity index (χ3n) is 7.13. The van der Waals surface area contributed by atoms with Gasteiger partial charge in [0.1, 0.15) is 11.5 Å². The van der Waals surface area contributed by atoms with E-state index in [1.165, 1.54) is 7.05 Å². The zero-order valence-corrected chi connectivity index (χ0v) is 21.1. The molecule has 1 fully saturated rings. The number of nitrogens with one attached hydrogen (secondary N) is 1. The topological polar surface area (TPSA) is 98.9 Å². The fourth-order valence-electron chi connectivity index (χ4n) is 5.13. The molecule has 1 amide bonds. The summed E-state index contributed by atoms with van der Waals surface area (Å²) in [6.45, 7) is 1.25. The Labute approximate surface area is 212 Å². The number of sulfone groups is 1. The van der Waals surface area contributed by atoms with Crippen molar-refractivity contribution >= 4 is 15.7 Å². The van der Waals surface area contributed by atoms with Gasteiger partial charge in [-0.15, -0.1) is 0 Å². The lowest BCUT2D eigenvalue weighted by molar-refractivity contribution is -0.143. The Bertz CT molecular complexity index is 1410. The number of alkyl halides is 3. The van der Waals surface area contributed by atoms with E-state index >= 15 is 0 Å². The number of amides is 1. The van der Waals surface area contributed by atoms with Gasteiger partial charge in [-0.3, -0.25) is 9.48 Å². The number of carbonyl (C=O) groups excluding carboxylic acids is 1. The highest BCUT2D eigenvalue weighted by Gasteiger charge is 2.35. The highest BCUT2D eigenvalue weighted by molar-refractivity contribution is 7.91. The van der Waals surface area contributed by atoms with E-state index in [-0.39, 0.29) is 41.4 Å². The number of hydrogen-bond acceptors (Lipinski definition) is 5. The second-order valence-corrected chi connectivity index (χ2v) is 12.2. The molecule has 0 radical (unpaired) electrons. The maximum absolute atomic E-state index is 13.1. The standard InChI is InChI=1S/C25H28F3N5O3S/c1-32-22(25(26,27)28)11-20(31-32)18-3-5-19(6-4-18)21-14-33-13-17(2-7-23(33)30-21)12-29-24(34)10-16-8-9-37(35,36)15-16/h3-6,11,14,16-17H,2,7-10,12-13,15H2,1H3,(H,29,34). The third-order valence-corrected chi connectivity index (χ3v) is 8.96. The Morgan fingerprint density at radius 3 is 2.43 bits per heavy atom. The average Bonchev–Trinajstić information content (AvgIpc) is 3.53. The molecular formula is C25H28F3N5O3S. The van der Waals surface area contributed by atoms with Crippen molar-refractivity contribution in [3.05, 3.63) is 48.0 Å². The molecule has 8 nitrogen and oxygen atoms in total. The monoisotopic (exact) mass is 535 g/mol. The molecule has 0 bridgehead atoms. The molecule has 1 aromatic carbocycles. The van der Waals surface area contributed by atoms with Gasteiger partial charge in [0.25, 0.3) is 0 Å². The Morgan fingerprint density at radius 1 is 1.11 bits per heavy atom. The molecule has 4 heterocycles. The first-order chi connectivity index (χ1) is 17.5. The molecule has 2 aliphatic rings. The Hall–Kier alpha value is -3.15. The summed E-state index contributed by atoms with van der Waals surface area (Å²) in [7, 11) is -1.71. The zero-order valence-electron chi connectivity index (χ0n) is 20.3. The van der Waals surface area contributed by atoms with Gasteiger partial charge >= 0.3 is 6.18 Å². The number of rotatable bonds is 6. The van der Waals surface area contributed by atoms with Crippen molar-refractivity contribution < 1.29 is 26.4 Å². The molecule has 0 spiro atoms. The van der Waals surface area contributed by atoms with Crippen molar-refractivity contribution in [3.63, 3.8) is 0 Å².